The van der Waals surface area contributed by atoms with Crippen LogP contribution in [-0.4, -0.2) is 57.1 Å². The standard InChI is InChI=1S/C33H41N3O5S/c1-41-31-21-12-11-20-29(31)36(42(2,39)40)23-13-22-32(37)35(25-27-16-7-4-8-17-27)30(24-26-14-5-3-6-15-26)33(38)34-28-18-9-10-19-28/h3-8,11-12,14-17,20-21,28,30H,9-10,13,18-19,22-25H2,1-2H3,(H,34,38)/t30-/m0/s1. The number of sulfonamides is 1. The van der Waals surface area contributed by atoms with Crippen molar-refractivity contribution in [3.05, 3.63) is 96.1 Å². The summed E-state index contributed by atoms with van der Waals surface area (Å²) in [7, 11) is -2.14. The summed E-state index contributed by atoms with van der Waals surface area (Å²) in [5.41, 5.74) is 2.31. The largest absolute Gasteiger partial charge is 0.495 e. The number of amides is 2. The summed E-state index contributed by atoms with van der Waals surface area (Å²) in [5.74, 6) is 0.0862. The molecule has 0 radical (unpaired) electrons. The van der Waals surface area contributed by atoms with Gasteiger partial charge >= 0.3 is 0 Å². The smallest absolute Gasteiger partial charge is 0.243 e. The van der Waals surface area contributed by atoms with Crippen LogP contribution in [-0.2, 0) is 32.6 Å². The zero-order valence-electron chi connectivity index (χ0n) is 24.4. The van der Waals surface area contributed by atoms with Crippen molar-refractivity contribution in [2.45, 2.75) is 63.6 Å². The van der Waals surface area contributed by atoms with Crippen LogP contribution in [0.25, 0.3) is 0 Å². The number of carbonyl (C=O) groups excluding carboxylic acids is 2. The Labute approximate surface area is 249 Å². The lowest BCUT2D eigenvalue weighted by atomic mass is 10.0. The fourth-order valence-electron chi connectivity index (χ4n) is 5.52. The van der Waals surface area contributed by atoms with E-state index in [-0.39, 0.29) is 43.8 Å². The predicted octanol–water partition coefficient (Wildman–Crippen LogP) is 4.94. The molecule has 1 aliphatic carbocycles. The van der Waals surface area contributed by atoms with Gasteiger partial charge in [0, 0.05) is 32.0 Å². The minimum Gasteiger partial charge on any atom is -0.495 e. The van der Waals surface area contributed by atoms with Crippen LogP contribution in [0.2, 0.25) is 0 Å². The maximum absolute atomic E-state index is 14.0. The molecule has 0 aliphatic heterocycles. The van der Waals surface area contributed by atoms with E-state index in [1.54, 1.807) is 29.2 Å². The molecule has 1 saturated carbocycles. The predicted molar refractivity (Wildman–Crippen MR) is 166 cm³/mol. The lowest BCUT2D eigenvalue weighted by Gasteiger charge is -2.33. The SMILES string of the molecule is COc1ccccc1N(CCCC(=O)N(Cc1ccccc1)[C@@H](Cc1ccccc1)C(=O)NC1CCCC1)S(C)(=O)=O. The highest BCUT2D eigenvalue weighted by Crippen LogP contribution is 2.30. The highest BCUT2D eigenvalue weighted by atomic mass is 32.2. The third-order valence-corrected chi connectivity index (χ3v) is 8.85. The van der Waals surface area contributed by atoms with Crippen LogP contribution in [0.4, 0.5) is 5.69 Å². The lowest BCUT2D eigenvalue weighted by Crippen LogP contribution is -2.52. The van der Waals surface area contributed by atoms with E-state index in [1.807, 2.05) is 60.7 Å². The van der Waals surface area contributed by atoms with Gasteiger partial charge in [-0.25, -0.2) is 8.42 Å². The Morgan fingerprint density at radius 1 is 0.905 bits per heavy atom. The van der Waals surface area contributed by atoms with Gasteiger partial charge in [0.2, 0.25) is 21.8 Å². The van der Waals surface area contributed by atoms with E-state index in [2.05, 4.69) is 5.32 Å². The van der Waals surface area contributed by atoms with Gasteiger partial charge in [-0.2, -0.15) is 0 Å². The van der Waals surface area contributed by atoms with Crippen LogP contribution < -0.4 is 14.4 Å². The molecule has 0 aromatic heterocycles. The molecule has 0 spiro atoms. The van der Waals surface area contributed by atoms with Crippen molar-refractivity contribution in [2.75, 3.05) is 24.2 Å². The van der Waals surface area contributed by atoms with Crippen molar-refractivity contribution in [2.24, 2.45) is 0 Å². The summed E-state index contributed by atoms with van der Waals surface area (Å²) in [5, 5.41) is 3.21. The van der Waals surface area contributed by atoms with Crippen LogP contribution in [0, 0.1) is 0 Å². The second-order valence-electron chi connectivity index (χ2n) is 10.8. The number of hydrogen-bond donors (Lipinski definition) is 1. The fourth-order valence-corrected chi connectivity index (χ4v) is 6.49. The van der Waals surface area contributed by atoms with Crippen LogP contribution >= 0.6 is 0 Å². The number of ether oxygens (including phenoxy) is 1. The number of para-hydroxylation sites is 2. The summed E-state index contributed by atoms with van der Waals surface area (Å²) >= 11 is 0. The molecule has 8 nitrogen and oxygen atoms in total. The van der Waals surface area contributed by atoms with Gasteiger partial charge in [-0.15, -0.1) is 0 Å². The number of nitrogens with one attached hydrogen (secondary N) is 1. The van der Waals surface area contributed by atoms with Crippen molar-refractivity contribution < 1.29 is 22.7 Å². The average Bonchev–Trinajstić information content (AvgIpc) is 3.50. The molecule has 0 unspecified atom stereocenters. The number of hydrogen-bond acceptors (Lipinski definition) is 5. The van der Waals surface area contributed by atoms with Gasteiger partial charge in [0.25, 0.3) is 0 Å². The van der Waals surface area contributed by atoms with Crippen LogP contribution in [0.1, 0.15) is 49.7 Å². The Hall–Kier alpha value is -3.85. The molecular weight excluding hydrogens is 550 g/mol. The number of nitrogens with zero attached hydrogens (tertiary/aromatic N) is 2. The molecule has 1 aliphatic rings. The molecule has 1 N–H and O–H groups in total. The number of methoxy groups -OCH3 is 1. The molecule has 0 bridgehead atoms. The van der Waals surface area contributed by atoms with Gasteiger partial charge in [0.05, 0.1) is 19.1 Å². The summed E-state index contributed by atoms with van der Waals surface area (Å²) in [6, 6.07) is 25.7. The van der Waals surface area contributed by atoms with E-state index in [1.165, 1.54) is 11.4 Å². The average molecular weight is 592 g/mol. The normalized spacial score (nSPS) is 14.2. The molecule has 1 fully saturated rings. The van der Waals surface area contributed by atoms with Gasteiger partial charge in [0.15, 0.2) is 0 Å². The third-order valence-electron chi connectivity index (χ3n) is 7.67. The quantitative estimate of drug-likeness (QED) is 0.287. The van der Waals surface area contributed by atoms with Crippen LogP contribution in [0.3, 0.4) is 0 Å². The first-order valence-corrected chi connectivity index (χ1v) is 16.4. The van der Waals surface area contributed by atoms with E-state index < -0.39 is 16.1 Å². The van der Waals surface area contributed by atoms with Gasteiger partial charge in [0.1, 0.15) is 11.8 Å². The van der Waals surface area contributed by atoms with Crippen molar-refractivity contribution in [3.63, 3.8) is 0 Å². The molecule has 224 valence electrons. The highest BCUT2D eigenvalue weighted by Gasteiger charge is 2.32. The van der Waals surface area contributed by atoms with Crippen LogP contribution in [0.5, 0.6) is 5.75 Å². The first-order valence-electron chi connectivity index (χ1n) is 14.5. The zero-order valence-corrected chi connectivity index (χ0v) is 25.3. The van der Waals surface area contributed by atoms with Gasteiger partial charge < -0.3 is 15.0 Å². The molecule has 4 rings (SSSR count). The minimum absolute atomic E-state index is 0.0794. The van der Waals surface area contributed by atoms with Gasteiger partial charge in [-0.05, 0) is 42.5 Å². The Morgan fingerprint density at radius 3 is 2.12 bits per heavy atom. The monoisotopic (exact) mass is 591 g/mol. The summed E-state index contributed by atoms with van der Waals surface area (Å²) in [6.07, 6.45) is 5.95. The Morgan fingerprint density at radius 2 is 1.50 bits per heavy atom. The van der Waals surface area contributed by atoms with E-state index in [0.29, 0.717) is 17.9 Å². The van der Waals surface area contributed by atoms with E-state index in [9.17, 15) is 18.0 Å². The van der Waals surface area contributed by atoms with E-state index >= 15 is 0 Å². The van der Waals surface area contributed by atoms with Gasteiger partial charge in [-0.3, -0.25) is 13.9 Å². The Bertz CT molecular complexity index is 1410. The summed E-state index contributed by atoms with van der Waals surface area (Å²) in [6.45, 7) is 0.374. The third kappa shape index (κ3) is 8.58. The maximum Gasteiger partial charge on any atom is 0.243 e. The topological polar surface area (TPSA) is 96.0 Å². The number of carbonyl (C=O) groups is 2. The number of anilines is 1. The molecule has 3 aromatic rings. The minimum atomic E-state index is -3.64. The second kappa shape index (κ2) is 14.9. The van der Waals surface area contributed by atoms with Crippen LogP contribution in [0.15, 0.2) is 84.9 Å². The molecule has 9 heteroatoms. The molecule has 42 heavy (non-hydrogen) atoms. The molecule has 1 atom stereocenters. The molecule has 2 amide bonds. The molecule has 3 aromatic carbocycles. The molecule has 0 heterocycles. The Balaban J connectivity index is 1.58. The van der Waals surface area contributed by atoms with Crippen molar-refractivity contribution in [1.29, 1.82) is 0 Å². The van der Waals surface area contributed by atoms with Crippen molar-refractivity contribution in [3.8, 4) is 5.75 Å². The van der Waals surface area contributed by atoms with Crippen molar-refractivity contribution >= 4 is 27.5 Å². The van der Waals surface area contributed by atoms with E-state index in [4.69, 9.17) is 4.74 Å². The number of rotatable bonds is 14. The molecule has 0 saturated heterocycles. The zero-order chi connectivity index (χ0) is 30.0. The fraction of sp³-hybridized carbons (Fsp3) is 0.394. The summed E-state index contributed by atoms with van der Waals surface area (Å²) < 4.78 is 32.1. The molecular formula is C33H41N3O5S. The number of benzene rings is 3. The second-order valence-corrected chi connectivity index (χ2v) is 12.7. The highest BCUT2D eigenvalue weighted by molar-refractivity contribution is 7.92. The summed E-state index contributed by atoms with van der Waals surface area (Å²) in [4.78, 5) is 29.4. The van der Waals surface area contributed by atoms with E-state index in [0.717, 1.165) is 43.1 Å². The lowest BCUT2D eigenvalue weighted by molar-refractivity contribution is -0.141. The first-order chi connectivity index (χ1) is 20.3. The first kappa shape index (κ1) is 31.1. The van der Waals surface area contributed by atoms with Gasteiger partial charge in [-0.1, -0.05) is 85.6 Å². The van der Waals surface area contributed by atoms with Crippen molar-refractivity contribution in [1.82, 2.24) is 10.2 Å². The maximum atomic E-state index is 14.0. The Kier molecular flexibility index (Phi) is 11.0.